The van der Waals surface area contributed by atoms with Gasteiger partial charge >= 0.3 is 5.97 Å². The van der Waals surface area contributed by atoms with Crippen LogP contribution in [0.5, 0.6) is 0 Å². The van der Waals surface area contributed by atoms with Crippen molar-refractivity contribution in [1.82, 2.24) is 0 Å². The maximum absolute atomic E-state index is 12.0. The van der Waals surface area contributed by atoms with Crippen LogP contribution in [0.1, 0.15) is 37.0 Å². The molecule has 1 aromatic rings. The fourth-order valence-electron chi connectivity index (χ4n) is 2.01. The van der Waals surface area contributed by atoms with E-state index in [2.05, 4.69) is 34.8 Å². The molecule has 1 aliphatic heterocycles. The smallest absolute Gasteiger partial charge is 0.339 e. The maximum atomic E-state index is 12.0. The van der Waals surface area contributed by atoms with E-state index in [4.69, 9.17) is 9.47 Å². The van der Waals surface area contributed by atoms with Crippen molar-refractivity contribution in [3.8, 4) is 0 Å². The third kappa shape index (κ3) is 4.02. The molecule has 0 saturated carbocycles. The van der Waals surface area contributed by atoms with Crippen molar-refractivity contribution >= 4 is 28.1 Å². The zero-order chi connectivity index (χ0) is 15.4. The van der Waals surface area contributed by atoms with E-state index >= 15 is 0 Å². The van der Waals surface area contributed by atoms with E-state index in [1.54, 1.807) is 12.3 Å². The van der Waals surface area contributed by atoms with Gasteiger partial charge < -0.3 is 9.47 Å². The Kier molecular flexibility index (Phi) is 5.31. The van der Waals surface area contributed by atoms with Crippen LogP contribution >= 0.6 is 15.9 Å². The number of methoxy groups -OCH3 is 1. The number of benzene rings is 1. The highest BCUT2D eigenvalue weighted by Gasteiger charge is 2.26. The average molecular weight is 352 g/mol. The minimum atomic E-state index is -0.784. The minimum Gasteiger partial charge on any atom is -0.467 e. The van der Waals surface area contributed by atoms with Crippen molar-refractivity contribution in [1.29, 1.82) is 0 Å². The first-order valence-corrected chi connectivity index (χ1v) is 7.54. The number of allylic oxidation sites excluding steroid dienone is 1. The van der Waals surface area contributed by atoms with Crippen LogP contribution in [0.2, 0.25) is 0 Å². The van der Waals surface area contributed by atoms with Crippen LogP contribution in [0.3, 0.4) is 0 Å². The minimum absolute atomic E-state index is 0.432. The number of aliphatic imine (C=N–C) groups is 1. The van der Waals surface area contributed by atoms with Gasteiger partial charge in [0.1, 0.15) is 0 Å². The monoisotopic (exact) mass is 351 g/mol. The first kappa shape index (κ1) is 15.9. The van der Waals surface area contributed by atoms with Gasteiger partial charge in [-0.25, -0.2) is 4.79 Å². The normalized spacial score (nSPS) is 18.7. The Morgan fingerprint density at radius 2 is 1.86 bits per heavy atom. The molecule has 112 valence electrons. The van der Waals surface area contributed by atoms with Crippen LogP contribution in [0.4, 0.5) is 0 Å². The average Bonchev–Trinajstić information content (AvgIpc) is 2.89. The molecular formula is C16H18BrNO3. The standard InChI is InChI=1S/C16H18BrNO3/c1-10(2)11-4-6-12(7-5-11)15(16(19)20-3)21-14-8-13(17)9-18-14/h4-10,14-15H,1-3H3. The predicted molar refractivity (Wildman–Crippen MR) is 85.7 cm³/mol. The number of carbonyl (C=O) groups excluding carboxylic acids is 1. The number of hydrogen-bond donors (Lipinski definition) is 0. The maximum Gasteiger partial charge on any atom is 0.339 e. The van der Waals surface area contributed by atoms with Gasteiger partial charge in [-0.15, -0.1) is 0 Å². The number of halogens is 1. The third-order valence-corrected chi connectivity index (χ3v) is 3.71. The molecule has 0 aliphatic carbocycles. The molecule has 1 heterocycles. The van der Waals surface area contributed by atoms with Crippen LogP contribution in [-0.4, -0.2) is 25.5 Å². The molecule has 2 rings (SSSR count). The van der Waals surface area contributed by atoms with Crippen LogP contribution in [-0.2, 0) is 14.3 Å². The molecule has 0 bridgehead atoms. The molecule has 0 spiro atoms. The number of rotatable bonds is 5. The Bertz CT molecular complexity index is 563. The molecule has 5 heteroatoms. The fraction of sp³-hybridized carbons (Fsp3) is 0.375. The Hall–Kier alpha value is -1.46. The largest absolute Gasteiger partial charge is 0.467 e. The topological polar surface area (TPSA) is 47.9 Å². The number of esters is 1. The van der Waals surface area contributed by atoms with Gasteiger partial charge in [0.05, 0.1) is 7.11 Å². The molecule has 21 heavy (non-hydrogen) atoms. The van der Waals surface area contributed by atoms with E-state index in [0.29, 0.717) is 5.92 Å². The molecule has 0 saturated heterocycles. The van der Waals surface area contributed by atoms with E-state index in [9.17, 15) is 4.79 Å². The SMILES string of the molecule is COC(=O)C(OC1C=C(Br)C=N1)c1ccc(C(C)C)cc1. The van der Waals surface area contributed by atoms with Gasteiger partial charge in [0.25, 0.3) is 0 Å². The van der Waals surface area contributed by atoms with Crippen LogP contribution < -0.4 is 0 Å². The number of nitrogens with zero attached hydrogens (tertiary/aromatic N) is 1. The van der Waals surface area contributed by atoms with Gasteiger partial charge in [-0.05, 0) is 39.1 Å². The second-order valence-corrected chi connectivity index (χ2v) is 6.00. The predicted octanol–water partition coefficient (Wildman–Crippen LogP) is 3.73. The lowest BCUT2D eigenvalue weighted by molar-refractivity contribution is -0.156. The van der Waals surface area contributed by atoms with E-state index in [1.807, 2.05) is 24.3 Å². The van der Waals surface area contributed by atoms with E-state index in [1.165, 1.54) is 12.7 Å². The summed E-state index contributed by atoms with van der Waals surface area (Å²) in [5.74, 6) is 0.00813. The molecule has 0 aromatic heterocycles. The van der Waals surface area contributed by atoms with Gasteiger partial charge in [0.15, 0.2) is 12.3 Å². The zero-order valence-electron chi connectivity index (χ0n) is 12.2. The van der Waals surface area contributed by atoms with E-state index in [0.717, 1.165) is 10.0 Å². The summed E-state index contributed by atoms with van der Waals surface area (Å²) in [6, 6.07) is 7.80. The summed E-state index contributed by atoms with van der Waals surface area (Å²) in [6.45, 7) is 4.25. The van der Waals surface area contributed by atoms with Crippen LogP contribution in [0, 0.1) is 0 Å². The van der Waals surface area contributed by atoms with Crippen molar-refractivity contribution < 1.29 is 14.3 Å². The lowest BCUT2D eigenvalue weighted by Gasteiger charge is -2.18. The van der Waals surface area contributed by atoms with Crippen LogP contribution in [0.15, 0.2) is 39.8 Å². The van der Waals surface area contributed by atoms with Crippen molar-refractivity contribution in [3.05, 3.63) is 46.0 Å². The summed E-state index contributed by atoms with van der Waals surface area (Å²) in [7, 11) is 1.35. The van der Waals surface area contributed by atoms with Crippen LogP contribution in [0.25, 0.3) is 0 Å². The summed E-state index contributed by atoms with van der Waals surface area (Å²) in [5, 5.41) is 0. The second kappa shape index (κ2) is 7.00. The summed E-state index contributed by atoms with van der Waals surface area (Å²) < 4.78 is 11.4. The lowest BCUT2D eigenvalue weighted by Crippen LogP contribution is -2.21. The summed E-state index contributed by atoms with van der Waals surface area (Å²) >= 11 is 3.32. The van der Waals surface area contributed by atoms with Crippen molar-refractivity contribution in [2.45, 2.75) is 32.1 Å². The highest BCUT2D eigenvalue weighted by molar-refractivity contribution is 9.12. The molecule has 1 aliphatic rings. The molecule has 0 fully saturated rings. The van der Waals surface area contributed by atoms with Gasteiger partial charge in [0.2, 0.25) is 0 Å². The first-order chi connectivity index (χ1) is 10.0. The summed E-state index contributed by atoms with van der Waals surface area (Å²) in [5.41, 5.74) is 1.97. The lowest BCUT2D eigenvalue weighted by atomic mass is 10.00. The summed E-state index contributed by atoms with van der Waals surface area (Å²) in [4.78, 5) is 16.1. The number of hydrogen-bond acceptors (Lipinski definition) is 4. The molecule has 4 nitrogen and oxygen atoms in total. The third-order valence-electron chi connectivity index (χ3n) is 3.24. The molecule has 0 N–H and O–H groups in total. The van der Waals surface area contributed by atoms with E-state index in [-0.39, 0.29) is 0 Å². The molecule has 2 atom stereocenters. The van der Waals surface area contributed by atoms with Crippen molar-refractivity contribution in [2.75, 3.05) is 7.11 Å². The highest BCUT2D eigenvalue weighted by atomic mass is 79.9. The molecule has 0 radical (unpaired) electrons. The van der Waals surface area contributed by atoms with Gasteiger partial charge in [0, 0.05) is 10.7 Å². The first-order valence-electron chi connectivity index (χ1n) is 6.75. The van der Waals surface area contributed by atoms with Gasteiger partial charge in [-0.2, -0.15) is 0 Å². The second-order valence-electron chi connectivity index (χ2n) is 5.08. The Morgan fingerprint density at radius 3 is 2.33 bits per heavy atom. The Labute approximate surface area is 133 Å². The molecule has 1 aromatic carbocycles. The molecular weight excluding hydrogens is 334 g/mol. The highest BCUT2D eigenvalue weighted by Crippen LogP contribution is 2.26. The zero-order valence-corrected chi connectivity index (χ0v) is 13.8. The van der Waals surface area contributed by atoms with Gasteiger partial charge in [-0.1, -0.05) is 38.1 Å². The quantitative estimate of drug-likeness (QED) is 0.759. The van der Waals surface area contributed by atoms with E-state index < -0.39 is 18.3 Å². The number of ether oxygens (including phenoxy) is 2. The molecule has 0 amide bonds. The van der Waals surface area contributed by atoms with Crippen molar-refractivity contribution in [2.24, 2.45) is 4.99 Å². The Morgan fingerprint density at radius 1 is 1.24 bits per heavy atom. The fourth-order valence-corrected chi connectivity index (χ4v) is 2.36. The van der Waals surface area contributed by atoms with Gasteiger partial charge in [-0.3, -0.25) is 4.99 Å². The van der Waals surface area contributed by atoms with Crippen molar-refractivity contribution in [3.63, 3.8) is 0 Å². The Balaban J connectivity index is 2.19. The summed E-state index contributed by atoms with van der Waals surface area (Å²) in [6.07, 6.45) is 2.18. The molecule has 2 unspecified atom stereocenters. The number of carbonyl (C=O) groups is 1.